The van der Waals surface area contributed by atoms with Crippen LogP contribution in [0.2, 0.25) is 0 Å². The summed E-state index contributed by atoms with van der Waals surface area (Å²) >= 11 is 0. The molecule has 100 valence electrons. The van der Waals surface area contributed by atoms with E-state index in [1.165, 1.54) is 11.6 Å². The molecule has 0 aromatic heterocycles. The molecule has 0 unspecified atom stereocenters. The van der Waals surface area contributed by atoms with Crippen LogP contribution in [-0.2, 0) is 6.42 Å². The van der Waals surface area contributed by atoms with Crippen LogP contribution in [0.5, 0.6) is 0 Å². The van der Waals surface area contributed by atoms with Crippen molar-refractivity contribution >= 4 is 5.69 Å². The molecule has 0 saturated carbocycles. The molecule has 0 radical (unpaired) electrons. The van der Waals surface area contributed by atoms with Gasteiger partial charge in [0, 0.05) is 24.2 Å². The Morgan fingerprint density at radius 1 is 1.33 bits per heavy atom. The summed E-state index contributed by atoms with van der Waals surface area (Å²) in [6, 6.07) is 5.03. The predicted molar refractivity (Wildman–Crippen MR) is 72.4 cm³/mol. The smallest absolute Gasteiger partial charge is 0.125 e. The Hall–Kier alpha value is -1.09. The first kappa shape index (κ1) is 13.3. The highest BCUT2D eigenvalue weighted by atomic mass is 19.1. The Kier molecular flexibility index (Phi) is 3.91. The van der Waals surface area contributed by atoms with Crippen molar-refractivity contribution in [1.29, 1.82) is 0 Å². The lowest BCUT2D eigenvalue weighted by atomic mass is 9.82. The number of aliphatic hydroxyl groups excluding tert-OH is 1. The van der Waals surface area contributed by atoms with E-state index in [2.05, 4.69) is 18.7 Å². The zero-order valence-electron chi connectivity index (χ0n) is 11.2. The Morgan fingerprint density at radius 2 is 2.06 bits per heavy atom. The number of nitrogens with zero attached hydrogens (tertiary/aromatic N) is 1. The molecule has 1 N–H and O–H groups in total. The summed E-state index contributed by atoms with van der Waals surface area (Å²) in [5.41, 5.74) is 2.17. The molecule has 1 aliphatic rings. The summed E-state index contributed by atoms with van der Waals surface area (Å²) < 4.78 is 13.3. The number of rotatable bonds is 5. The molecular weight excluding hydrogens is 229 g/mol. The van der Waals surface area contributed by atoms with Crippen molar-refractivity contribution in [2.24, 2.45) is 5.41 Å². The van der Waals surface area contributed by atoms with E-state index in [1.807, 2.05) is 6.07 Å². The van der Waals surface area contributed by atoms with Crippen LogP contribution < -0.4 is 4.90 Å². The van der Waals surface area contributed by atoms with Crippen molar-refractivity contribution < 1.29 is 9.50 Å². The van der Waals surface area contributed by atoms with Crippen LogP contribution in [0, 0.1) is 11.2 Å². The van der Waals surface area contributed by atoms with Crippen molar-refractivity contribution in [1.82, 2.24) is 0 Å². The maximum Gasteiger partial charge on any atom is 0.125 e. The first-order chi connectivity index (χ1) is 8.64. The highest BCUT2D eigenvalue weighted by Crippen LogP contribution is 2.34. The molecule has 2 nitrogen and oxygen atoms in total. The third-order valence-corrected chi connectivity index (χ3v) is 4.40. The highest BCUT2D eigenvalue weighted by molar-refractivity contribution is 5.58. The summed E-state index contributed by atoms with van der Waals surface area (Å²) in [5.74, 6) is -0.178. The molecular formula is C15H22FNO. The second kappa shape index (κ2) is 5.27. The van der Waals surface area contributed by atoms with Gasteiger partial charge in [-0.25, -0.2) is 4.39 Å². The van der Waals surface area contributed by atoms with Gasteiger partial charge < -0.3 is 10.0 Å². The molecule has 0 saturated heterocycles. The van der Waals surface area contributed by atoms with Crippen molar-refractivity contribution in [2.45, 2.75) is 33.1 Å². The molecule has 1 aromatic rings. The lowest BCUT2D eigenvalue weighted by Gasteiger charge is -2.35. The maximum atomic E-state index is 13.3. The number of halogens is 1. The van der Waals surface area contributed by atoms with E-state index in [0.29, 0.717) is 0 Å². The van der Waals surface area contributed by atoms with Crippen LogP contribution >= 0.6 is 0 Å². The average Bonchev–Trinajstić information content (AvgIpc) is 2.78. The monoisotopic (exact) mass is 251 g/mol. The van der Waals surface area contributed by atoms with Crippen LogP contribution in [0.25, 0.3) is 0 Å². The summed E-state index contributed by atoms with van der Waals surface area (Å²) in [5, 5.41) is 9.64. The number of hydrogen-bond donors (Lipinski definition) is 1. The zero-order chi connectivity index (χ0) is 13.2. The van der Waals surface area contributed by atoms with Gasteiger partial charge >= 0.3 is 0 Å². The number of hydrogen-bond acceptors (Lipinski definition) is 2. The minimum Gasteiger partial charge on any atom is -0.396 e. The predicted octanol–water partition coefficient (Wildman–Crippen LogP) is 2.99. The third kappa shape index (κ3) is 2.37. The van der Waals surface area contributed by atoms with E-state index < -0.39 is 0 Å². The quantitative estimate of drug-likeness (QED) is 0.869. The van der Waals surface area contributed by atoms with Gasteiger partial charge in [0.05, 0.1) is 6.61 Å². The first-order valence-corrected chi connectivity index (χ1v) is 6.78. The molecule has 0 spiro atoms. The second-order valence-electron chi connectivity index (χ2n) is 5.31. The number of aliphatic hydroxyl groups is 1. The zero-order valence-corrected chi connectivity index (χ0v) is 11.2. The normalized spacial score (nSPS) is 15.0. The maximum absolute atomic E-state index is 13.3. The number of fused-ring (bicyclic) bond motifs is 1. The van der Waals surface area contributed by atoms with Crippen LogP contribution in [-0.4, -0.2) is 24.8 Å². The Labute approximate surface area is 108 Å². The van der Waals surface area contributed by atoms with Gasteiger partial charge in [-0.15, -0.1) is 0 Å². The Morgan fingerprint density at radius 3 is 2.67 bits per heavy atom. The summed E-state index contributed by atoms with van der Waals surface area (Å²) in [7, 11) is 0. The van der Waals surface area contributed by atoms with Gasteiger partial charge in [-0.1, -0.05) is 19.9 Å². The largest absolute Gasteiger partial charge is 0.396 e. The molecule has 0 fully saturated rings. The number of benzene rings is 1. The Balaban J connectivity index is 2.20. The van der Waals surface area contributed by atoms with Crippen LogP contribution in [0.15, 0.2) is 18.2 Å². The van der Waals surface area contributed by atoms with E-state index in [-0.39, 0.29) is 17.8 Å². The molecule has 18 heavy (non-hydrogen) atoms. The fourth-order valence-corrected chi connectivity index (χ4v) is 2.73. The second-order valence-corrected chi connectivity index (χ2v) is 5.31. The minimum atomic E-state index is -0.178. The molecule has 0 aliphatic carbocycles. The van der Waals surface area contributed by atoms with Crippen molar-refractivity contribution in [3.05, 3.63) is 29.6 Å². The van der Waals surface area contributed by atoms with Gasteiger partial charge in [0.1, 0.15) is 5.82 Å². The summed E-state index contributed by atoms with van der Waals surface area (Å²) in [6.45, 7) is 6.17. The number of anilines is 1. The van der Waals surface area contributed by atoms with Crippen LogP contribution in [0.4, 0.5) is 10.1 Å². The van der Waals surface area contributed by atoms with Gasteiger partial charge in [-0.05, 0) is 37.0 Å². The SMILES string of the molecule is CCC(CC)(CO)CN1CCc2ccc(F)cc21. The third-order valence-electron chi connectivity index (χ3n) is 4.40. The fraction of sp³-hybridized carbons (Fsp3) is 0.600. The molecule has 1 aliphatic heterocycles. The van der Waals surface area contributed by atoms with Crippen LogP contribution in [0.1, 0.15) is 32.3 Å². The standard InChI is InChI=1S/C15H22FNO/c1-3-15(4-2,11-18)10-17-8-7-12-5-6-13(16)9-14(12)17/h5-6,9,18H,3-4,7-8,10-11H2,1-2H3. The van der Waals surface area contributed by atoms with Gasteiger partial charge in [0.15, 0.2) is 0 Å². The molecule has 3 heteroatoms. The highest BCUT2D eigenvalue weighted by Gasteiger charge is 2.31. The molecule has 0 amide bonds. The van der Waals surface area contributed by atoms with Gasteiger partial charge in [-0.2, -0.15) is 0 Å². The molecule has 1 aromatic carbocycles. The van der Waals surface area contributed by atoms with E-state index in [4.69, 9.17) is 0 Å². The van der Waals surface area contributed by atoms with Gasteiger partial charge in [0.2, 0.25) is 0 Å². The minimum absolute atomic E-state index is 0.0616. The topological polar surface area (TPSA) is 23.5 Å². The van der Waals surface area contributed by atoms with Gasteiger partial charge in [0.25, 0.3) is 0 Å². The molecule has 1 heterocycles. The van der Waals surface area contributed by atoms with Gasteiger partial charge in [-0.3, -0.25) is 0 Å². The van der Waals surface area contributed by atoms with Crippen molar-refractivity contribution in [3.63, 3.8) is 0 Å². The summed E-state index contributed by atoms with van der Waals surface area (Å²) in [6.07, 6.45) is 2.87. The van der Waals surface area contributed by atoms with Crippen molar-refractivity contribution in [2.75, 3.05) is 24.6 Å². The Bertz CT molecular complexity index is 407. The lowest BCUT2D eigenvalue weighted by Crippen LogP contribution is -2.39. The van der Waals surface area contributed by atoms with E-state index >= 15 is 0 Å². The van der Waals surface area contributed by atoms with E-state index in [0.717, 1.165) is 38.0 Å². The van der Waals surface area contributed by atoms with E-state index in [1.54, 1.807) is 6.07 Å². The average molecular weight is 251 g/mol. The lowest BCUT2D eigenvalue weighted by molar-refractivity contribution is 0.121. The molecule has 0 atom stereocenters. The molecule has 0 bridgehead atoms. The van der Waals surface area contributed by atoms with Crippen molar-refractivity contribution in [3.8, 4) is 0 Å². The fourth-order valence-electron chi connectivity index (χ4n) is 2.73. The first-order valence-electron chi connectivity index (χ1n) is 6.78. The van der Waals surface area contributed by atoms with E-state index in [9.17, 15) is 9.50 Å². The summed E-state index contributed by atoms with van der Waals surface area (Å²) in [4.78, 5) is 2.22. The van der Waals surface area contributed by atoms with Crippen LogP contribution in [0.3, 0.4) is 0 Å². The molecule has 2 rings (SSSR count).